The van der Waals surface area contributed by atoms with Gasteiger partial charge in [0.15, 0.2) is 11.6 Å². The number of anilines is 3. The SMILES string of the molecule is O=C(Nc1ccc(SC(F)(F)F)cc1)N1CCN(c2ccc(N3CCCCC3)nn2)CC1. The molecule has 2 aliphatic rings. The van der Waals surface area contributed by atoms with Crippen molar-refractivity contribution in [2.45, 2.75) is 29.7 Å². The van der Waals surface area contributed by atoms with Gasteiger partial charge in [-0.15, -0.1) is 10.2 Å². The van der Waals surface area contributed by atoms with Crippen LogP contribution in [0.2, 0.25) is 0 Å². The van der Waals surface area contributed by atoms with E-state index in [1.54, 1.807) is 4.90 Å². The third-order valence-corrected chi connectivity index (χ3v) is 6.29. The summed E-state index contributed by atoms with van der Waals surface area (Å²) in [6.45, 7) is 4.34. The molecule has 0 bridgehead atoms. The lowest BCUT2D eigenvalue weighted by Crippen LogP contribution is -2.50. The smallest absolute Gasteiger partial charge is 0.355 e. The summed E-state index contributed by atoms with van der Waals surface area (Å²) in [5.74, 6) is 1.70. The van der Waals surface area contributed by atoms with Crippen molar-refractivity contribution >= 4 is 35.1 Å². The minimum atomic E-state index is -4.33. The fourth-order valence-corrected chi connectivity index (χ4v) is 4.40. The van der Waals surface area contributed by atoms with Gasteiger partial charge in [-0.3, -0.25) is 0 Å². The van der Waals surface area contributed by atoms with Gasteiger partial charge in [-0.1, -0.05) is 0 Å². The molecule has 2 aliphatic heterocycles. The van der Waals surface area contributed by atoms with Crippen molar-refractivity contribution in [2.24, 2.45) is 0 Å². The first-order valence-electron chi connectivity index (χ1n) is 10.6. The Labute approximate surface area is 189 Å². The van der Waals surface area contributed by atoms with Crippen LogP contribution in [0.5, 0.6) is 0 Å². The Hall–Kier alpha value is -2.69. The van der Waals surface area contributed by atoms with E-state index in [-0.39, 0.29) is 22.7 Å². The number of nitrogens with one attached hydrogen (secondary N) is 1. The summed E-state index contributed by atoms with van der Waals surface area (Å²) in [5.41, 5.74) is -3.87. The van der Waals surface area contributed by atoms with E-state index in [1.807, 2.05) is 12.1 Å². The molecule has 1 aromatic carbocycles. The van der Waals surface area contributed by atoms with Crippen molar-refractivity contribution in [3.05, 3.63) is 36.4 Å². The Bertz CT molecular complexity index is 895. The van der Waals surface area contributed by atoms with E-state index >= 15 is 0 Å². The number of rotatable bonds is 4. The zero-order valence-electron chi connectivity index (χ0n) is 17.5. The topological polar surface area (TPSA) is 64.6 Å². The minimum Gasteiger partial charge on any atom is -0.355 e. The molecular weight excluding hydrogens is 441 g/mol. The second-order valence-corrected chi connectivity index (χ2v) is 8.91. The van der Waals surface area contributed by atoms with Gasteiger partial charge in [-0.25, -0.2) is 4.79 Å². The van der Waals surface area contributed by atoms with Crippen LogP contribution >= 0.6 is 11.8 Å². The number of benzene rings is 1. The Morgan fingerprint density at radius 1 is 0.812 bits per heavy atom. The van der Waals surface area contributed by atoms with Crippen molar-refractivity contribution in [1.29, 1.82) is 0 Å². The number of nitrogens with zero attached hydrogens (tertiary/aromatic N) is 5. The number of piperazine rings is 1. The average Bonchev–Trinajstić information content (AvgIpc) is 2.80. The van der Waals surface area contributed by atoms with Gasteiger partial charge in [0.25, 0.3) is 0 Å². The molecule has 0 spiro atoms. The van der Waals surface area contributed by atoms with Crippen molar-refractivity contribution in [3.63, 3.8) is 0 Å². The van der Waals surface area contributed by atoms with Gasteiger partial charge in [0.2, 0.25) is 0 Å². The van der Waals surface area contributed by atoms with E-state index in [0.29, 0.717) is 31.9 Å². The maximum atomic E-state index is 12.5. The van der Waals surface area contributed by atoms with Crippen LogP contribution in [-0.4, -0.2) is 65.9 Å². The van der Waals surface area contributed by atoms with Crippen LogP contribution in [-0.2, 0) is 0 Å². The van der Waals surface area contributed by atoms with E-state index in [0.717, 1.165) is 24.7 Å². The van der Waals surface area contributed by atoms with E-state index in [1.165, 1.54) is 43.5 Å². The maximum Gasteiger partial charge on any atom is 0.446 e. The zero-order chi connectivity index (χ0) is 22.6. The number of carbonyl (C=O) groups is 1. The van der Waals surface area contributed by atoms with Gasteiger partial charge in [-0.2, -0.15) is 13.2 Å². The third kappa shape index (κ3) is 5.96. The lowest BCUT2D eigenvalue weighted by molar-refractivity contribution is -0.0328. The summed E-state index contributed by atoms with van der Waals surface area (Å²) >= 11 is -0.179. The fraction of sp³-hybridized carbons (Fsp3) is 0.476. The fourth-order valence-electron chi connectivity index (χ4n) is 3.86. The molecule has 0 unspecified atom stereocenters. The van der Waals surface area contributed by atoms with E-state index in [9.17, 15) is 18.0 Å². The molecule has 32 heavy (non-hydrogen) atoms. The number of carbonyl (C=O) groups excluding carboxylic acids is 1. The lowest BCUT2D eigenvalue weighted by Gasteiger charge is -2.35. The van der Waals surface area contributed by atoms with Gasteiger partial charge < -0.3 is 20.0 Å². The molecule has 7 nitrogen and oxygen atoms in total. The third-order valence-electron chi connectivity index (χ3n) is 5.55. The van der Waals surface area contributed by atoms with Crippen LogP contribution in [0.1, 0.15) is 19.3 Å². The average molecular weight is 467 g/mol. The Balaban J connectivity index is 1.26. The number of hydrogen-bond acceptors (Lipinski definition) is 6. The largest absolute Gasteiger partial charge is 0.446 e. The number of amides is 2. The summed E-state index contributed by atoms with van der Waals surface area (Å²) in [6.07, 6.45) is 3.64. The van der Waals surface area contributed by atoms with E-state index < -0.39 is 5.51 Å². The van der Waals surface area contributed by atoms with Crippen molar-refractivity contribution in [3.8, 4) is 0 Å². The second-order valence-electron chi connectivity index (χ2n) is 7.77. The van der Waals surface area contributed by atoms with Crippen molar-refractivity contribution in [2.75, 3.05) is 54.4 Å². The lowest BCUT2D eigenvalue weighted by atomic mass is 10.1. The quantitative estimate of drug-likeness (QED) is 0.673. The van der Waals surface area contributed by atoms with Crippen LogP contribution in [0.15, 0.2) is 41.3 Å². The number of alkyl halides is 3. The highest BCUT2D eigenvalue weighted by atomic mass is 32.2. The molecule has 1 aromatic heterocycles. The number of halogens is 3. The molecule has 2 amide bonds. The highest BCUT2D eigenvalue weighted by Gasteiger charge is 2.29. The molecule has 2 aromatic rings. The first-order chi connectivity index (χ1) is 15.4. The standard InChI is InChI=1S/C21H25F3N6OS/c22-21(23,24)32-17-6-4-16(5-7-17)25-20(31)30-14-12-29(13-15-30)19-9-8-18(26-27-19)28-10-2-1-3-11-28/h4-9H,1-3,10-15H2,(H,25,31). The summed E-state index contributed by atoms with van der Waals surface area (Å²) in [6, 6.07) is 9.35. The van der Waals surface area contributed by atoms with Crippen molar-refractivity contribution < 1.29 is 18.0 Å². The summed E-state index contributed by atoms with van der Waals surface area (Å²) in [5, 5.41) is 11.5. The molecular formula is C21H25F3N6OS. The second kappa shape index (κ2) is 9.85. The maximum absolute atomic E-state index is 12.5. The van der Waals surface area contributed by atoms with Crippen LogP contribution in [0.3, 0.4) is 0 Å². The summed E-state index contributed by atoms with van der Waals surface area (Å²) < 4.78 is 37.3. The first-order valence-corrected chi connectivity index (χ1v) is 11.4. The van der Waals surface area contributed by atoms with Gasteiger partial charge in [0.1, 0.15) is 0 Å². The number of thioether (sulfide) groups is 1. The molecule has 172 valence electrons. The normalized spacial score (nSPS) is 17.4. The van der Waals surface area contributed by atoms with Crippen molar-refractivity contribution in [1.82, 2.24) is 15.1 Å². The molecule has 0 atom stereocenters. The molecule has 0 saturated carbocycles. The van der Waals surface area contributed by atoms with Gasteiger partial charge in [0, 0.05) is 49.9 Å². The summed E-state index contributed by atoms with van der Waals surface area (Å²) in [4.78, 5) is 18.6. The Morgan fingerprint density at radius 2 is 1.38 bits per heavy atom. The number of hydrogen-bond donors (Lipinski definition) is 1. The van der Waals surface area contributed by atoms with E-state index in [4.69, 9.17) is 0 Å². The zero-order valence-corrected chi connectivity index (χ0v) is 18.3. The highest BCUT2D eigenvalue weighted by Crippen LogP contribution is 2.37. The Kier molecular flexibility index (Phi) is 6.92. The molecule has 1 N–H and O–H groups in total. The van der Waals surface area contributed by atoms with Gasteiger partial charge >= 0.3 is 11.5 Å². The molecule has 2 saturated heterocycles. The predicted molar refractivity (Wildman–Crippen MR) is 119 cm³/mol. The monoisotopic (exact) mass is 466 g/mol. The van der Waals surface area contributed by atoms with Crippen LogP contribution in [0, 0.1) is 0 Å². The molecule has 3 heterocycles. The van der Waals surface area contributed by atoms with E-state index in [2.05, 4.69) is 25.3 Å². The van der Waals surface area contributed by atoms with Crippen LogP contribution in [0.4, 0.5) is 35.3 Å². The Morgan fingerprint density at radius 3 is 1.91 bits per heavy atom. The minimum absolute atomic E-state index is 0.0801. The first kappa shape index (κ1) is 22.5. The predicted octanol–water partition coefficient (Wildman–Crippen LogP) is 4.43. The van der Waals surface area contributed by atoms with Crippen LogP contribution < -0.4 is 15.1 Å². The molecule has 0 radical (unpaired) electrons. The van der Waals surface area contributed by atoms with Gasteiger partial charge in [-0.05, 0) is 67.4 Å². The number of piperidine rings is 1. The molecule has 2 fully saturated rings. The van der Waals surface area contributed by atoms with Crippen LogP contribution in [0.25, 0.3) is 0 Å². The highest BCUT2D eigenvalue weighted by molar-refractivity contribution is 8.00. The van der Waals surface area contributed by atoms with Gasteiger partial charge in [0.05, 0.1) is 0 Å². The number of aromatic nitrogens is 2. The summed E-state index contributed by atoms with van der Waals surface area (Å²) in [7, 11) is 0. The molecule has 11 heteroatoms. The number of urea groups is 1. The molecule has 0 aliphatic carbocycles. The molecule has 4 rings (SSSR count).